The van der Waals surface area contributed by atoms with Crippen molar-refractivity contribution in [3.8, 4) is 5.82 Å². The van der Waals surface area contributed by atoms with Crippen LogP contribution in [0.2, 0.25) is 0 Å². The lowest BCUT2D eigenvalue weighted by Gasteiger charge is -2.34. The molecule has 21 heavy (non-hydrogen) atoms. The minimum absolute atomic E-state index is 0.130. The number of anilines is 1. The van der Waals surface area contributed by atoms with Gasteiger partial charge in [0.25, 0.3) is 0 Å². The summed E-state index contributed by atoms with van der Waals surface area (Å²) in [5, 5.41) is 4.36. The second kappa shape index (κ2) is 5.51. The van der Waals surface area contributed by atoms with E-state index in [-0.39, 0.29) is 5.91 Å². The number of aryl methyl sites for hydroxylation is 1. The zero-order valence-corrected chi connectivity index (χ0v) is 12.2. The molecule has 0 unspecified atom stereocenters. The summed E-state index contributed by atoms with van der Waals surface area (Å²) in [6.45, 7) is 6.59. The molecule has 1 saturated heterocycles. The zero-order chi connectivity index (χ0) is 14.8. The number of hydrogen-bond acceptors (Lipinski definition) is 5. The van der Waals surface area contributed by atoms with Gasteiger partial charge in [-0.05, 0) is 13.0 Å². The fourth-order valence-electron chi connectivity index (χ4n) is 2.43. The first-order chi connectivity index (χ1) is 10.1. The van der Waals surface area contributed by atoms with Crippen LogP contribution in [0.4, 0.5) is 5.82 Å². The van der Waals surface area contributed by atoms with Crippen molar-refractivity contribution in [2.75, 3.05) is 31.1 Å². The zero-order valence-electron chi connectivity index (χ0n) is 12.2. The van der Waals surface area contributed by atoms with Gasteiger partial charge in [-0.1, -0.05) is 0 Å². The quantitative estimate of drug-likeness (QED) is 0.810. The Bertz CT molecular complexity index is 644. The fraction of sp³-hybridized carbons (Fsp3) is 0.429. The Balaban J connectivity index is 1.76. The van der Waals surface area contributed by atoms with Crippen LogP contribution >= 0.6 is 0 Å². The summed E-state index contributed by atoms with van der Waals surface area (Å²) in [6, 6.07) is 3.86. The maximum absolute atomic E-state index is 11.4. The maximum Gasteiger partial charge on any atom is 0.219 e. The number of carbonyl (C=O) groups excluding carboxylic acids is 1. The van der Waals surface area contributed by atoms with Crippen molar-refractivity contribution in [3.63, 3.8) is 0 Å². The Morgan fingerprint density at radius 2 is 1.86 bits per heavy atom. The van der Waals surface area contributed by atoms with Gasteiger partial charge >= 0.3 is 0 Å². The molecule has 0 aliphatic carbocycles. The van der Waals surface area contributed by atoms with Gasteiger partial charge in [0.1, 0.15) is 12.1 Å². The SMILES string of the molecule is CC(=O)N1CCN(c2cc(-n3ccc(C)n3)ncn2)CC1. The first-order valence-electron chi connectivity index (χ1n) is 6.98. The van der Waals surface area contributed by atoms with Gasteiger partial charge in [-0.15, -0.1) is 0 Å². The van der Waals surface area contributed by atoms with Gasteiger partial charge in [0.05, 0.1) is 5.69 Å². The van der Waals surface area contributed by atoms with Crippen LogP contribution in [0.5, 0.6) is 0 Å². The van der Waals surface area contributed by atoms with E-state index in [2.05, 4.69) is 20.0 Å². The number of hydrogen-bond donors (Lipinski definition) is 0. The van der Waals surface area contributed by atoms with Gasteiger partial charge in [-0.2, -0.15) is 5.10 Å². The molecular formula is C14H18N6O. The molecule has 3 heterocycles. The molecule has 0 N–H and O–H groups in total. The Morgan fingerprint density at radius 1 is 1.14 bits per heavy atom. The lowest BCUT2D eigenvalue weighted by molar-refractivity contribution is -0.129. The van der Waals surface area contributed by atoms with Crippen LogP contribution < -0.4 is 4.90 Å². The van der Waals surface area contributed by atoms with E-state index < -0.39 is 0 Å². The minimum atomic E-state index is 0.130. The minimum Gasteiger partial charge on any atom is -0.353 e. The lowest BCUT2D eigenvalue weighted by atomic mass is 10.3. The molecule has 110 valence electrons. The molecule has 2 aromatic rings. The summed E-state index contributed by atoms with van der Waals surface area (Å²) in [7, 11) is 0. The number of aromatic nitrogens is 4. The van der Waals surface area contributed by atoms with Gasteiger partial charge in [0, 0.05) is 45.4 Å². The summed E-state index contributed by atoms with van der Waals surface area (Å²) >= 11 is 0. The van der Waals surface area contributed by atoms with E-state index in [9.17, 15) is 4.79 Å². The average molecular weight is 286 g/mol. The summed E-state index contributed by atoms with van der Waals surface area (Å²) in [5.74, 6) is 1.75. The topological polar surface area (TPSA) is 67.2 Å². The molecular weight excluding hydrogens is 268 g/mol. The molecule has 0 aromatic carbocycles. The van der Waals surface area contributed by atoms with Crippen molar-refractivity contribution < 1.29 is 4.79 Å². The molecule has 1 fully saturated rings. The molecule has 0 bridgehead atoms. The number of piperazine rings is 1. The monoisotopic (exact) mass is 286 g/mol. The molecule has 7 nitrogen and oxygen atoms in total. The van der Waals surface area contributed by atoms with Gasteiger partial charge in [0.15, 0.2) is 5.82 Å². The van der Waals surface area contributed by atoms with Crippen molar-refractivity contribution in [2.24, 2.45) is 0 Å². The Kier molecular flexibility index (Phi) is 3.55. The Hall–Kier alpha value is -2.44. The van der Waals surface area contributed by atoms with Crippen molar-refractivity contribution >= 4 is 11.7 Å². The third kappa shape index (κ3) is 2.86. The van der Waals surface area contributed by atoms with Gasteiger partial charge < -0.3 is 9.80 Å². The van der Waals surface area contributed by atoms with E-state index in [4.69, 9.17) is 0 Å². The van der Waals surface area contributed by atoms with Crippen LogP contribution in [0.15, 0.2) is 24.7 Å². The smallest absolute Gasteiger partial charge is 0.219 e. The van der Waals surface area contributed by atoms with E-state index in [0.717, 1.165) is 43.5 Å². The predicted molar refractivity (Wildman–Crippen MR) is 78.4 cm³/mol. The van der Waals surface area contributed by atoms with E-state index in [1.165, 1.54) is 0 Å². The van der Waals surface area contributed by atoms with Crippen molar-refractivity contribution in [2.45, 2.75) is 13.8 Å². The highest BCUT2D eigenvalue weighted by Crippen LogP contribution is 2.15. The van der Waals surface area contributed by atoms with Crippen molar-refractivity contribution in [1.29, 1.82) is 0 Å². The standard InChI is InChI=1S/C14H18N6O/c1-11-3-4-20(17-11)14-9-13(15-10-16-14)19-7-5-18(6-8-19)12(2)21/h3-4,9-10H,5-8H2,1-2H3. The molecule has 0 saturated carbocycles. The van der Waals surface area contributed by atoms with E-state index in [1.807, 2.05) is 30.2 Å². The number of nitrogens with zero attached hydrogens (tertiary/aromatic N) is 6. The first-order valence-corrected chi connectivity index (χ1v) is 6.98. The highest BCUT2D eigenvalue weighted by atomic mass is 16.2. The maximum atomic E-state index is 11.4. The van der Waals surface area contributed by atoms with Crippen LogP contribution in [0, 0.1) is 6.92 Å². The third-order valence-corrected chi connectivity index (χ3v) is 3.64. The molecule has 0 atom stereocenters. The van der Waals surface area contributed by atoms with Gasteiger partial charge in [-0.3, -0.25) is 4.79 Å². The van der Waals surface area contributed by atoms with E-state index in [0.29, 0.717) is 0 Å². The molecule has 1 amide bonds. The molecule has 1 aliphatic heterocycles. The predicted octanol–water partition coefficient (Wildman–Crippen LogP) is 0.639. The van der Waals surface area contributed by atoms with Gasteiger partial charge in [0.2, 0.25) is 5.91 Å². The van der Waals surface area contributed by atoms with E-state index in [1.54, 1.807) is 17.9 Å². The number of carbonyl (C=O) groups is 1. The average Bonchev–Trinajstić information content (AvgIpc) is 2.94. The Labute approximate surface area is 123 Å². The van der Waals surface area contributed by atoms with Crippen LogP contribution in [0.3, 0.4) is 0 Å². The summed E-state index contributed by atoms with van der Waals surface area (Å²) in [5.41, 5.74) is 0.949. The third-order valence-electron chi connectivity index (χ3n) is 3.64. The molecule has 0 spiro atoms. The largest absolute Gasteiger partial charge is 0.353 e. The lowest BCUT2D eigenvalue weighted by Crippen LogP contribution is -2.48. The molecule has 3 rings (SSSR count). The summed E-state index contributed by atoms with van der Waals surface area (Å²) in [6.07, 6.45) is 3.44. The fourth-order valence-corrected chi connectivity index (χ4v) is 2.43. The van der Waals surface area contributed by atoms with Crippen molar-refractivity contribution in [3.05, 3.63) is 30.4 Å². The summed E-state index contributed by atoms with van der Waals surface area (Å²) in [4.78, 5) is 24.0. The molecule has 0 radical (unpaired) electrons. The summed E-state index contributed by atoms with van der Waals surface area (Å²) < 4.78 is 1.74. The normalized spacial score (nSPS) is 15.3. The van der Waals surface area contributed by atoms with E-state index >= 15 is 0 Å². The van der Waals surface area contributed by atoms with Crippen LogP contribution in [-0.2, 0) is 4.79 Å². The van der Waals surface area contributed by atoms with Gasteiger partial charge in [-0.25, -0.2) is 14.6 Å². The van der Waals surface area contributed by atoms with Crippen LogP contribution in [0.25, 0.3) is 5.82 Å². The molecule has 7 heteroatoms. The number of amides is 1. The second-order valence-electron chi connectivity index (χ2n) is 5.13. The van der Waals surface area contributed by atoms with Crippen LogP contribution in [-0.4, -0.2) is 56.7 Å². The first kappa shape index (κ1) is 13.5. The highest BCUT2D eigenvalue weighted by Gasteiger charge is 2.20. The van der Waals surface area contributed by atoms with Crippen LogP contribution in [0.1, 0.15) is 12.6 Å². The second-order valence-corrected chi connectivity index (χ2v) is 5.13. The highest BCUT2D eigenvalue weighted by molar-refractivity contribution is 5.73. The van der Waals surface area contributed by atoms with Crippen molar-refractivity contribution in [1.82, 2.24) is 24.6 Å². The molecule has 2 aromatic heterocycles. The number of rotatable bonds is 2. The Morgan fingerprint density at radius 3 is 2.48 bits per heavy atom. The molecule has 1 aliphatic rings.